The van der Waals surface area contributed by atoms with Gasteiger partial charge in [-0.1, -0.05) is 6.92 Å². The predicted molar refractivity (Wildman–Crippen MR) is 135 cm³/mol. The highest BCUT2D eigenvalue weighted by Crippen LogP contribution is 2.60. The zero-order valence-corrected chi connectivity index (χ0v) is 22.1. The summed E-state index contributed by atoms with van der Waals surface area (Å²) < 4.78 is 28.1. The minimum Gasteiger partial charge on any atom is -0.496 e. The fourth-order valence-electron chi connectivity index (χ4n) is 7.26. The topological polar surface area (TPSA) is 139 Å². The number of methoxy groups -OCH3 is 1. The molecule has 1 amide bonds. The van der Waals surface area contributed by atoms with Gasteiger partial charge in [-0.2, -0.15) is 0 Å². The Balaban J connectivity index is 0.000000195. The molecule has 1 aromatic carbocycles. The van der Waals surface area contributed by atoms with Crippen molar-refractivity contribution in [3.8, 4) is 5.75 Å². The molecule has 4 N–H and O–H groups in total. The number of likely N-dealkylation sites (N-methyl/N-ethyl adjacent to an activating group) is 1. The lowest BCUT2D eigenvalue weighted by Crippen LogP contribution is -2.49. The average Bonchev–Trinajstić information content (AvgIpc) is 3.28. The van der Waals surface area contributed by atoms with Crippen LogP contribution < -0.4 is 15.2 Å². The van der Waals surface area contributed by atoms with Crippen LogP contribution in [0.2, 0.25) is 0 Å². The summed E-state index contributed by atoms with van der Waals surface area (Å²) in [4.78, 5) is 25.9. The zero-order chi connectivity index (χ0) is 26.1. The molecule has 6 rings (SSSR count). The maximum Gasteiger partial charge on any atom is 0.309 e. The number of nitrogens with two attached hydrogens (primary N) is 1. The molecule has 4 bridgehead atoms. The number of carboxylic acid groups (broad SMARTS) is 1. The second-order valence-corrected chi connectivity index (χ2v) is 12.6. The van der Waals surface area contributed by atoms with Gasteiger partial charge in [-0.05, 0) is 100 Å². The van der Waals surface area contributed by atoms with Crippen molar-refractivity contribution < 1.29 is 27.9 Å². The number of rotatable bonds is 7. The van der Waals surface area contributed by atoms with Crippen LogP contribution in [0, 0.1) is 23.2 Å². The Kier molecular flexibility index (Phi) is 7.97. The lowest BCUT2D eigenvalue weighted by Gasteiger charge is -2.54. The molecule has 4 aliphatic carbocycles. The van der Waals surface area contributed by atoms with E-state index in [0.717, 1.165) is 62.9 Å². The van der Waals surface area contributed by atoms with Crippen molar-refractivity contribution in [1.82, 2.24) is 10.2 Å². The minimum atomic E-state index is -3.87. The summed E-state index contributed by atoms with van der Waals surface area (Å²) in [5.74, 6) is 1.70. The summed E-state index contributed by atoms with van der Waals surface area (Å²) in [5.41, 5.74) is -0.116. The first-order valence-electron chi connectivity index (χ1n) is 13.0. The van der Waals surface area contributed by atoms with Crippen LogP contribution in [0.5, 0.6) is 5.75 Å². The number of nitrogens with zero attached hydrogens (tertiary/aromatic N) is 1. The van der Waals surface area contributed by atoms with E-state index < -0.39 is 16.0 Å². The highest BCUT2D eigenvalue weighted by molar-refractivity contribution is 7.89. The molecule has 10 heteroatoms. The second-order valence-electron chi connectivity index (χ2n) is 11.0. The normalized spacial score (nSPS) is 31.0. The van der Waals surface area contributed by atoms with Gasteiger partial charge in [0.15, 0.2) is 0 Å². The van der Waals surface area contributed by atoms with Gasteiger partial charge in [-0.3, -0.25) is 14.5 Å². The van der Waals surface area contributed by atoms with Gasteiger partial charge < -0.3 is 15.2 Å². The Hall–Kier alpha value is -2.17. The van der Waals surface area contributed by atoms with Crippen LogP contribution in [0.25, 0.3) is 0 Å². The minimum absolute atomic E-state index is 0.112. The van der Waals surface area contributed by atoms with Crippen LogP contribution >= 0.6 is 0 Å². The van der Waals surface area contributed by atoms with Crippen molar-refractivity contribution in [3.63, 3.8) is 0 Å². The third kappa shape index (κ3) is 5.70. The molecule has 0 aromatic heterocycles. The summed E-state index contributed by atoms with van der Waals surface area (Å²) in [6, 6.07) is 4.32. The standard InChI is InChI=1S/C15H23N3O4S.C11H16O2/c1-3-18-8-4-5-11(18)10-17-15(19)13-9-12(23(16,20)21)6-7-14(13)22-2;12-10(13)11-4-7-1-8(5-11)3-9(2-7)6-11/h6-7,9,11H,3-5,8,10H2,1-2H3,(H,17,19)(H2,16,20,21);7-9H,1-6H2,(H,12,13). The molecule has 200 valence electrons. The largest absolute Gasteiger partial charge is 0.496 e. The molecule has 1 unspecified atom stereocenters. The van der Waals surface area contributed by atoms with Crippen molar-refractivity contribution in [3.05, 3.63) is 23.8 Å². The number of amides is 1. The van der Waals surface area contributed by atoms with Crippen LogP contribution in [0.4, 0.5) is 0 Å². The summed E-state index contributed by atoms with van der Waals surface area (Å²) in [6.07, 6.45) is 9.09. The van der Waals surface area contributed by atoms with Gasteiger partial charge in [-0.15, -0.1) is 0 Å². The highest BCUT2D eigenvalue weighted by Gasteiger charge is 2.54. The van der Waals surface area contributed by atoms with Crippen LogP contribution in [0.1, 0.15) is 68.6 Å². The van der Waals surface area contributed by atoms with E-state index in [-0.39, 0.29) is 21.8 Å². The number of aliphatic carboxylic acids is 1. The number of likely N-dealkylation sites (tertiary alicyclic amines) is 1. The highest BCUT2D eigenvalue weighted by atomic mass is 32.2. The number of primary sulfonamides is 1. The van der Waals surface area contributed by atoms with E-state index in [2.05, 4.69) is 17.1 Å². The molecule has 5 fully saturated rings. The lowest BCUT2D eigenvalue weighted by molar-refractivity contribution is -0.164. The molecular formula is C26H39N3O6S. The Morgan fingerprint density at radius 3 is 2.28 bits per heavy atom. The van der Waals surface area contributed by atoms with E-state index in [4.69, 9.17) is 9.88 Å². The van der Waals surface area contributed by atoms with Crippen LogP contribution in [0.3, 0.4) is 0 Å². The van der Waals surface area contributed by atoms with E-state index >= 15 is 0 Å². The lowest BCUT2D eigenvalue weighted by atomic mass is 9.49. The molecule has 36 heavy (non-hydrogen) atoms. The quantitative estimate of drug-likeness (QED) is 0.501. The molecule has 5 aliphatic rings. The van der Waals surface area contributed by atoms with Gasteiger partial charge >= 0.3 is 5.97 Å². The number of carbonyl (C=O) groups is 2. The number of nitrogens with one attached hydrogen (secondary N) is 1. The van der Waals surface area contributed by atoms with Crippen LogP contribution in [-0.2, 0) is 14.8 Å². The van der Waals surface area contributed by atoms with E-state index in [1.54, 1.807) is 0 Å². The molecule has 9 nitrogen and oxygen atoms in total. The number of hydrogen-bond donors (Lipinski definition) is 3. The number of hydrogen-bond acceptors (Lipinski definition) is 6. The molecule has 0 spiro atoms. The monoisotopic (exact) mass is 521 g/mol. The van der Waals surface area contributed by atoms with Crippen molar-refractivity contribution >= 4 is 21.9 Å². The third-order valence-corrected chi connectivity index (χ3v) is 9.55. The fourth-order valence-corrected chi connectivity index (χ4v) is 7.80. The maximum absolute atomic E-state index is 12.4. The fraction of sp³-hybridized carbons (Fsp3) is 0.692. The predicted octanol–water partition coefficient (Wildman–Crippen LogP) is 2.84. The van der Waals surface area contributed by atoms with Gasteiger partial charge in [0, 0.05) is 12.6 Å². The van der Waals surface area contributed by atoms with Gasteiger partial charge in [0.1, 0.15) is 5.75 Å². The van der Waals surface area contributed by atoms with Crippen LogP contribution in [0.15, 0.2) is 23.1 Å². The average molecular weight is 522 g/mol. The summed E-state index contributed by atoms with van der Waals surface area (Å²) in [6.45, 7) is 4.61. The first-order valence-corrected chi connectivity index (χ1v) is 14.6. The number of carbonyl (C=O) groups excluding carboxylic acids is 1. The molecule has 1 atom stereocenters. The van der Waals surface area contributed by atoms with E-state index in [0.29, 0.717) is 18.3 Å². The molecule has 0 radical (unpaired) electrons. The Morgan fingerprint density at radius 1 is 1.17 bits per heavy atom. The zero-order valence-electron chi connectivity index (χ0n) is 21.2. The first-order chi connectivity index (χ1) is 17.0. The van der Waals surface area contributed by atoms with Gasteiger partial charge in [0.2, 0.25) is 10.0 Å². The first kappa shape index (κ1) is 26.9. The molecule has 1 aliphatic heterocycles. The van der Waals surface area contributed by atoms with Crippen molar-refractivity contribution in [1.29, 1.82) is 0 Å². The third-order valence-electron chi connectivity index (χ3n) is 8.64. The molecule has 1 aromatic rings. The summed E-state index contributed by atoms with van der Waals surface area (Å²) >= 11 is 0. The molecular weight excluding hydrogens is 482 g/mol. The van der Waals surface area contributed by atoms with Gasteiger partial charge in [0.05, 0.1) is 23.0 Å². The van der Waals surface area contributed by atoms with Gasteiger partial charge in [-0.25, -0.2) is 13.6 Å². The Morgan fingerprint density at radius 2 is 1.78 bits per heavy atom. The second kappa shape index (κ2) is 10.7. The van der Waals surface area contributed by atoms with Gasteiger partial charge in [0.25, 0.3) is 5.91 Å². The Bertz CT molecular complexity index is 1050. The van der Waals surface area contributed by atoms with E-state index in [1.807, 2.05) is 0 Å². The SMILES string of the molecule is CCN1CCCC1CNC(=O)c1cc(S(N)(=O)=O)ccc1OC.O=C(O)C12CC3CC(CC(C3)C1)C2. The molecule has 4 saturated carbocycles. The smallest absolute Gasteiger partial charge is 0.309 e. The van der Waals surface area contributed by atoms with Crippen molar-refractivity contribution in [2.45, 2.75) is 69.2 Å². The van der Waals surface area contributed by atoms with E-state index in [9.17, 15) is 23.1 Å². The Labute approximate surface area is 213 Å². The van der Waals surface area contributed by atoms with Crippen molar-refractivity contribution in [2.24, 2.45) is 28.3 Å². The number of benzene rings is 1. The number of ether oxygens (including phenoxy) is 1. The summed E-state index contributed by atoms with van der Waals surface area (Å²) in [5, 5.41) is 17.3. The number of carboxylic acids is 1. The maximum atomic E-state index is 12.4. The van der Waals surface area contributed by atoms with Crippen LogP contribution in [-0.4, -0.2) is 63.1 Å². The van der Waals surface area contributed by atoms with E-state index in [1.165, 1.54) is 44.6 Å². The number of sulfonamides is 1. The molecule has 1 heterocycles. The summed E-state index contributed by atoms with van der Waals surface area (Å²) in [7, 11) is -2.44. The molecule has 1 saturated heterocycles. The van der Waals surface area contributed by atoms with Crippen molar-refractivity contribution in [2.75, 3.05) is 26.7 Å².